The van der Waals surface area contributed by atoms with Crippen LogP contribution in [0.25, 0.3) is 0 Å². The van der Waals surface area contributed by atoms with Crippen LogP contribution in [0.3, 0.4) is 0 Å². The van der Waals surface area contributed by atoms with Crippen LogP contribution in [0, 0.1) is 0 Å². The first-order chi connectivity index (χ1) is 5.27. The molecular weight excluding hydrogens is 162 g/mol. The molecule has 74 valence electrons. The minimum atomic E-state index is 0. The van der Waals surface area contributed by atoms with Crippen LogP contribution >= 0.6 is 0 Å². The van der Waals surface area contributed by atoms with Crippen molar-refractivity contribution in [2.45, 2.75) is 12.8 Å². The Morgan fingerprint density at radius 3 is 1.58 bits per heavy atom. The van der Waals surface area contributed by atoms with E-state index in [1.165, 1.54) is 4.90 Å². The third kappa shape index (κ3) is 12.1. The third-order valence-electron chi connectivity index (χ3n) is 0.999. The van der Waals surface area contributed by atoms with Crippen molar-refractivity contribution < 1.29 is 20.0 Å². The number of carbonyl (C=O) groups is 1. The number of amides is 1. The molecule has 0 aliphatic carbocycles. The van der Waals surface area contributed by atoms with E-state index in [4.69, 9.17) is 0 Å². The molecule has 1 aliphatic rings. The van der Waals surface area contributed by atoms with E-state index in [9.17, 15) is 4.79 Å². The van der Waals surface area contributed by atoms with Crippen molar-refractivity contribution in [1.29, 1.82) is 0 Å². The smallest absolute Gasteiger partial charge is 0.209 e. The molecule has 1 aliphatic heterocycles. The summed E-state index contributed by atoms with van der Waals surface area (Å²) >= 11 is 0. The van der Waals surface area contributed by atoms with E-state index in [0.717, 1.165) is 32.5 Å². The molecule has 0 bridgehead atoms. The maximum absolute atomic E-state index is 9.43. The van der Waals surface area contributed by atoms with Crippen molar-refractivity contribution in [3.8, 4) is 0 Å². The van der Waals surface area contributed by atoms with Crippen molar-refractivity contribution >= 4 is 6.41 Å². The van der Waals surface area contributed by atoms with Crippen molar-refractivity contribution in [3.63, 3.8) is 0 Å². The van der Waals surface area contributed by atoms with Crippen molar-refractivity contribution in [3.05, 3.63) is 0 Å². The van der Waals surface area contributed by atoms with E-state index in [0.29, 0.717) is 0 Å². The summed E-state index contributed by atoms with van der Waals surface area (Å²) in [4.78, 5) is 20.0. The van der Waals surface area contributed by atoms with Gasteiger partial charge in [0.25, 0.3) is 0 Å². The number of hydrogen-bond donors (Lipinski definition) is 0. The van der Waals surface area contributed by atoms with Gasteiger partial charge >= 0.3 is 0 Å². The number of rotatable bonds is 1. The lowest BCUT2D eigenvalue weighted by atomic mass is 10.3. The van der Waals surface area contributed by atoms with E-state index in [1.807, 2.05) is 0 Å². The molecule has 0 radical (unpaired) electrons. The molecule has 0 spiro atoms. The summed E-state index contributed by atoms with van der Waals surface area (Å²) in [7, 11) is 3.38. The SMILES string of the molecule is C1CCOOC1.CN(C)C=O.O. The van der Waals surface area contributed by atoms with Crippen LogP contribution in [0.4, 0.5) is 0 Å². The summed E-state index contributed by atoms with van der Waals surface area (Å²) < 4.78 is 0. The number of carbonyl (C=O) groups excluding carboxylic acids is 1. The Morgan fingerprint density at radius 1 is 1.17 bits per heavy atom. The van der Waals surface area contributed by atoms with Gasteiger partial charge in [0.05, 0.1) is 13.2 Å². The zero-order chi connectivity index (χ0) is 8.53. The summed E-state index contributed by atoms with van der Waals surface area (Å²) in [6.07, 6.45) is 3.06. The molecule has 5 heteroatoms. The molecule has 0 saturated carbocycles. The molecule has 0 aromatic rings. The third-order valence-corrected chi connectivity index (χ3v) is 0.999. The highest BCUT2D eigenvalue weighted by atomic mass is 17.2. The van der Waals surface area contributed by atoms with Gasteiger partial charge in [0.1, 0.15) is 0 Å². The van der Waals surface area contributed by atoms with Gasteiger partial charge in [-0.1, -0.05) is 0 Å². The van der Waals surface area contributed by atoms with Gasteiger partial charge in [0, 0.05) is 14.1 Å². The molecule has 2 N–H and O–H groups in total. The second kappa shape index (κ2) is 10.3. The molecule has 0 atom stereocenters. The van der Waals surface area contributed by atoms with Crippen LogP contribution in [-0.2, 0) is 14.6 Å². The minimum absolute atomic E-state index is 0. The standard InChI is InChI=1S/C4H8O2.C3H7NO.H2O/c1-2-4-6-5-3-1;1-4(2)3-5;/h1-4H2;3H,1-2H3;1H2. The zero-order valence-electron chi connectivity index (χ0n) is 7.58. The Bertz CT molecular complexity index is 81.9. The van der Waals surface area contributed by atoms with Crippen molar-refractivity contribution in [2.24, 2.45) is 0 Å². The molecule has 1 rings (SSSR count). The first-order valence-corrected chi connectivity index (χ1v) is 3.63. The summed E-state index contributed by atoms with van der Waals surface area (Å²) in [5, 5.41) is 0. The maximum atomic E-state index is 9.43. The van der Waals surface area contributed by atoms with Crippen LogP contribution in [-0.4, -0.2) is 44.1 Å². The lowest BCUT2D eigenvalue weighted by molar-refractivity contribution is -0.312. The van der Waals surface area contributed by atoms with E-state index >= 15 is 0 Å². The highest BCUT2D eigenvalue weighted by Crippen LogP contribution is 1.97. The van der Waals surface area contributed by atoms with Crippen molar-refractivity contribution in [2.75, 3.05) is 27.3 Å². The van der Waals surface area contributed by atoms with Gasteiger partial charge in [0.15, 0.2) is 0 Å². The largest absolute Gasteiger partial charge is 0.412 e. The van der Waals surface area contributed by atoms with E-state index in [1.54, 1.807) is 14.1 Å². The van der Waals surface area contributed by atoms with Crippen LogP contribution in [0.1, 0.15) is 12.8 Å². The quantitative estimate of drug-likeness (QED) is 0.406. The Labute approximate surface area is 72.5 Å². The van der Waals surface area contributed by atoms with Crippen LogP contribution in [0.2, 0.25) is 0 Å². The maximum Gasteiger partial charge on any atom is 0.209 e. The van der Waals surface area contributed by atoms with Gasteiger partial charge in [-0.25, -0.2) is 9.78 Å². The summed E-state index contributed by atoms with van der Waals surface area (Å²) in [6, 6.07) is 0. The number of hydrogen-bond acceptors (Lipinski definition) is 3. The normalized spacial score (nSPS) is 14.8. The predicted molar refractivity (Wildman–Crippen MR) is 44.5 cm³/mol. The molecule has 1 saturated heterocycles. The Hall–Kier alpha value is -0.650. The molecule has 1 heterocycles. The lowest BCUT2D eigenvalue weighted by Gasteiger charge is -2.07. The Kier molecular flexibility index (Phi) is 12.0. The fourth-order valence-electron chi connectivity index (χ4n) is 0.440. The van der Waals surface area contributed by atoms with E-state index < -0.39 is 0 Å². The molecule has 12 heavy (non-hydrogen) atoms. The fraction of sp³-hybridized carbons (Fsp3) is 0.857. The number of nitrogens with zero attached hydrogens (tertiary/aromatic N) is 1. The van der Waals surface area contributed by atoms with Gasteiger partial charge in [0.2, 0.25) is 6.41 Å². The second-order valence-corrected chi connectivity index (χ2v) is 2.42. The van der Waals surface area contributed by atoms with E-state index in [-0.39, 0.29) is 5.48 Å². The van der Waals surface area contributed by atoms with Crippen LogP contribution < -0.4 is 0 Å². The van der Waals surface area contributed by atoms with Gasteiger partial charge in [-0.15, -0.1) is 0 Å². The van der Waals surface area contributed by atoms with Gasteiger partial charge in [-0.3, -0.25) is 4.79 Å². The molecular formula is C7H17NO4. The Balaban J connectivity index is 0. The van der Waals surface area contributed by atoms with Gasteiger partial charge in [-0.05, 0) is 12.8 Å². The molecule has 1 amide bonds. The van der Waals surface area contributed by atoms with Crippen LogP contribution in [0.15, 0.2) is 0 Å². The highest BCUT2D eigenvalue weighted by molar-refractivity contribution is 5.45. The topological polar surface area (TPSA) is 70.3 Å². The molecule has 0 unspecified atom stereocenters. The van der Waals surface area contributed by atoms with Gasteiger partial charge in [-0.2, -0.15) is 0 Å². The second-order valence-electron chi connectivity index (χ2n) is 2.42. The molecule has 5 nitrogen and oxygen atoms in total. The first-order valence-electron chi connectivity index (χ1n) is 3.63. The summed E-state index contributed by atoms with van der Waals surface area (Å²) in [5.74, 6) is 0. The highest BCUT2D eigenvalue weighted by Gasteiger charge is 1.95. The Morgan fingerprint density at radius 2 is 1.50 bits per heavy atom. The molecule has 0 aromatic heterocycles. The zero-order valence-corrected chi connectivity index (χ0v) is 7.58. The predicted octanol–water partition coefficient (Wildman–Crippen LogP) is -0.392. The summed E-state index contributed by atoms with van der Waals surface area (Å²) in [5.41, 5.74) is 0. The monoisotopic (exact) mass is 179 g/mol. The van der Waals surface area contributed by atoms with Crippen molar-refractivity contribution in [1.82, 2.24) is 4.90 Å². The lowest BCUT2D eigenvalue weighted by Crippen LogP contribution is -2.06. The van der Waals surface area contributed by atoms with Gasteiger partial charge < -0.3 is 10.4 Å². The van der Waals surface area contributed by atoms with E-state index in [2.05, 4.69) is 9.78 Å². The average molecular weight is 179 g/mol. The molecule has 1 fully saturated rings. The molecule has 0 aromatic carbocycles. The average Bonchev–Trinajstić information content (AvgIpc) is 2.09. The first kappa shape index (κ1) is 13.9. The fourth-order valence-corrected chi connectivity index (χ4v) is 0.440. The minimum Gasteiger partial charge on any atom is -0.412 e. The van der Waals surface area contributed by atoms with Crippen LogP contribution in [0.5, 0.6) is 0 Å². The summed E-state index contributed by atoms with van der Waals surface area (Å²) in [6.45, 7) is 1.56.